The molecular formula is C25H47NO3Si. The Morgan fingerprint density at radius 3 is 2.17 bits per heavy atom. The molecule has 0 unspecified atom stereocenters. The Bertz CT molecular complexity index is 599. The lowest BCUT2D eigenvalue weighted by molar-refractivity contribution is -0.00153. The first-order valence-corrected chi connectivity index (χ1v) is 14.3. The molecule has 2 aliphatic rings. The van der Waals surface area contributed by atoms with Gasteiger partial charge in [-0.1, -0.05) is 54.0 Å². The molecule has 1 aliphatic carbocycles. The highest BCUT2D eigenvalue weighted by atomic mass is 28.4. The van der Waals surface area contributed by atoms with E-state index in [-0.39, 0.29) is 12.1 Å². The quantitative estimate of drug-likeness (QED) is 0.404. The Hall–Kier alpha value is -0.813. The van der Waals surface area contributed by atoms with E-state index in [1.54, 1.807) is 0 Å². The van der Waals surface area contributed by atoms with E-state index in [4.69, 9.17) is 9.16 Å². The van der Waals surface area contributed by atoms with Gasteiger partial charge < -0.3 is 9.16 Å². The molecule has 0 N–H and O–H groups in total. The standard InChI is InChI=1S/C25H47NO3Si/c1-17(2)30(18(3)4,19(5)6)28-16-21-12-11-13-23-22(21)15-14-20(7)26(23)24(27)29-25(8,9)10/h14,17-19,21-23H,11-13,15-16H2,1-10H3/t21-,22-,23+/m0/s1. The zero-order valence-corrected chi connectivity index (χ0v) is 22.2. The highest BCUT2D eigenvalue weighted by molar-refractivity contribution is 6.77. The Morgan fingerprint density at radius 2 is 1.67 bits per heavy atom. The van der Waals surface area contributed by atoms with Gasteiger partial charge in [0.2, 0.25) is 0 Å². The van der Waals surface area contributed by atoms with E-state index in [1.807, 2.05) is 25.7 Å². The summed E-state index contributed by atoms with van der Waals surface area (Å²) in [7, 11) is -1.87. The normalized spacial score (nSPS) is 25.6. The molecule has 2 rings (SSSR count). The zero-order valence-electron chi connectivity index (χ0n) is 21.2. The summed E-state index contributed by atoms with van der Waals surface area (Å²) in [6.45, 7) is 22.8. The average molecular weight is 438 g/mol. The SMILES string of the molecule is CC1=CC[C@H]2[C@H](CO[Si](C(C)C)(C(C)C)C(C)C)CCC[C@H]2N1C(=O)OC(C)(C)C. The molecule has 1 aliphatic heterocycles. The minimum Gasteiger partial charge on any atom is -0.443 e. The van der Waals surface area contributed by atoms with Gasteiger partial charge in [0, 0.05) is 18.3 Å². The third kappa shape index (κ3) is 5.32. The van der Waals surface area contributed by atoms with Crippen LogP contribution in [0.15, 0.2) is 11.8 Å². The topological polar surface area (TPSA) is 38.8 Å². The minimum atomic E-state index is -1.87. The Kier molecular flexibility index (Phi) is 8.28. The number of hydrogen-bond donors (Lipinski definition) is 0. The van der Waals surface area contributed by atoms with Crippen molar-refractivity contribution in [2.75, 3.05) is 6.61 Å². The maximum atomic E-state index is 13.0. The van der Waals surface area contributed by atoms with E-state index in [0.717, 1.165) is 31.6 Å². The molecule has 0 bridgehead atoms. The third-order valence-electron chi connectivity index (χ3n) is 7.42. The number of rotatable bonds is 6. The number of hydrogen-bond acceptors (Lipinski definition) is 3. The van der Waals surface area contributed by atoms with E-state index < -0.39 is 13.9 Å². The molecule has 1 fully saturated rings. The number of allylic oxidation sites excluding steroid dienone is 2. The van der Waals surface area contributed by atoms with Crippen LogP contribution in [0.1, 0.15) is 94.9 Å². The summed E-state index contributed by atoms with van der Waals surface area (Å²) in [6, 6.07) is 0.236. The lowest BCUT2D eigenvalue weighted by atomic mass is 9.72. The first kappa shape index (κ1) is 25.4. The lowest BCUT2D eigenvalue weighted by Gasteiger charge is -2.48. The van der Waals surface area contributed by atoms with Crippen molar-refractivity contribution in [3.63, 3.8) is 0 Å². The molecule has 30 heavy (non-hydrogen) atoms. The average Bonchev–Trinajstić information content (AvgIpc) is 2.59. The largest absolute Gasteiger partial charge is 0.443 e. The number of amides is 1. The molecule has 1 saturated carbocycles. The fourth-order valence-electron chi connectivity index (χ4n) is 6.22. The molecule has 5 heteroatoms. The van der Waals surface area contributed by atoms with E-state index in [2.05, 4.69) is 54.5 Å². The number of carbonyl (C=O) groups is 1. The second-order valence-electron chi connectivity index (χ2n) is 11.5. The first-order valence-electron chi connectivity index (χ1n) is 12.1. The van der Waals surface area contributed by atoms with E-state index in [1.165, 1.54) is 6.42 Å². The lowest BCUT2D eigenvalue weighted by Crippen LogP contribution is -2.53. The fraction of sp³-hybridized carbons (Fsp3) is 0.880. The van der Waals surface area contributed by atoms with Gasteiger partial charge in [-0.25, -0.2) is 4.79 Å². The van der Waals surface area contributed by atoms with Crippen LogP contribution in [0.2, 0.25) is 16.6 Å². The van der Waals surface area contributed by atoms with Crippen molar-refractivity contribution in [2.24, 2.45) is 11.8 Å². The van der Waals surface area contributed by atoms with Gasteiger partial charge in [0.15, 0.2) is 8.32 Å². The van der Waals surface area contributed by atoms with Crippen molar-refractivity contribution in [3.8, 4) is 0 Å². The Morgan fingerprint density at radius 1 is 1.10 bits per heavy atom. The van der Waals surface area contributed by atoms with E-state index in [9.17, 15) is 4.79 Å². The maximum absolute atomic E-state index is 13.0. The van der Waals surface area contributed by atoms with Crippen LogP contribution in [0.3, 0.4) is 0 Å². The van der Waals surface area contributed by atoms with Crippen molar-refractivity contribution >= 4 is 14.4 Å². The summed E-state index contributed by atoms with van der Waals surface area (Å²) in [5.74, 6) is 0.981. The molecule has 4 nitrogen and oxygen atoms in total. The fourth-order valence-corrected chi connectivity index (χ4v) is 11.7. The van der Waals surface area contributed by atoms with Gasteiger partial charge in [0.05, 0.1) is 0 Å². The van der Waals surface area contributed by atoms with Crippen molar-refractivity contribution in [1.82, 2.24) is 4.90 Å². The van der Waals surface area contributed by atoms with Gasteiger partial charge in [-0.15, -0.1) is 0 Å². The van der Waals surface area contributed by atoms with Crippen LogP contribution in [-0.2, 0) is 9.16 Å². The second-order valence-corrected chi connectivity index (χ2v) is 16.9. The first-order chi connectivity index (χ1) is 13.8. The maximum Gasteiger partial charge on any atom is 0.414 e. The van der Waals surface area contributed by atoms with Gasteiger partial charge in [-0.05, 0) is 75.4 Å². The molecule has 0 radical (unpaired) electrons. The predicted octanol–water partition coefficient (Wildman–Crippen LogP) is 7.51. The number of ether oxygens (including phenoxy) is 1. The van der Waals surface area contributed by atoms with Crippen molar-refractivity contribution in [3.05, 3.63) is 11.8 Å². The summed E-state index contributed by atoms with van der Waals surface area (Å²) in [5, 5.41) is 0. The van der Waals surface area contributed by atoms with E-state index in [0.29, 0.717) is 28.5 Å². The predicted molar refractivity (Wildman–Crippen MR) is 128 cm³/mol. The number of carbonyl (C=O) groups excluding carboxylic acids is 1. The van der Waals surface area contributed by atoms with Crippen LogP contribution in [0.4, 0.5) is 4.79 Å². The van der Waals surface area contributed by atoms with Gasteiger partial charge in [0.1, 0.15) is 5.60 Å². The molecule has 1 amide bonds. The monoisotopic (exact) mass is 437 g/mol. The van der Waals surface area contributed by atoms with Crippen molar-refractivity contribution < 1.29 is 14.0 Å². The number of fused-ring (bicyclic) bond motifs is 1. The molecule has 0 spiro atoms. The Balaban J connectivity index is 2.20. The summed E-state index contributed by atoms with van der Waals surface area (Å²) in [4.78, 5) is 15.0. The molecule has 0 saturated heterocycles. The molecule has 0 aromatic carbocycles. The van der Waals surface area contributed by atoms with Crippen LogP contribution < -0.4 is 0 Å². The van der Waals surface area contributed by atoms with E-state index >= 15 is 0 Å². The second kappa shape index (κ2) is 9.77. The van der Waals surface area contributed by atoms with Crippen LogP contribution in [0.5, 0.6) is 0 Å². The van der Waals surface area contributed by atoms with Gasteiger partial charge in [0.25, 0.3) is 0 Å². The van der Waals surface area contributed by atoms with Gasteiger partial charge in [-0.3, -0.25) is 4.90 Å². The zero-order chi connectivity index (χ0) is 22.9. The van der Waals surface area contributed by atoms with Crippen molar-refractivity contribution in [1.29, 1.82) is 0 Å². The van der Waals surface area contributed by atoms with Crippen LogP contribution in [0.25, 0.3) is 0 Å². The van der Waals surface area contributed by atoms with Gasteiger partial charge in [-0.2, -0.15) is 0 Å². The molecular weight excluding hydrogens is 390 g/mol. The highest BCUT2D eigenvalue weighted by Gasteiger charge is 2.47. The molecule has 0 aromatic heterocycles. The summed E-state index contributed by atoms with van der Waals surface area (Å²) >= 11 is 0. The summed E-state index contributed by atoms with van der Waals surface area (Å²) in [6.07, 6.45) is 6.51. The molecule has 3 atom stereocenters. The third-order valence-corrected chi connectivity index (χ3v) is 13.5. The smallest absolute Gasteiger partial charge is 0.414 e. The molecule has 174 valence electrons. The summed E-state index contributed by atoms with van der Waals surface area (Å²) in [5.41, 5.74) is 2.37. The Labute approximate surface area is 186 Å². The minimum absolute atomic E-state index is 0.192. The van der Waals surface area contributed by atoms with Crippen LogP contribution >= 0.6 is 0 Å². The van der Waals surface area contributed by atoms with Gasteiger partial charge >= 0.3 is 6.09 Å². The highest BCUT2D eigenvalue weighted by Crippen LogP contribution is 2.45. The molecule has 0 aromatic rings. The summed E-state index contributed by atoms with van der Waals surface area (Å²) < 4.78 is 12.8. The molecule has 1 heterocycles. The van der Waals surface area contributed by atoms with Crippen LogP contribution in [0, 0.1) is 11.8 Å². The van der Waals surface area contributed by atoms with Crippen LogP contribution in [-0.4, -0.2) is 37.6 Å². The van der Waals surface area contributed by atoms with Crippen molar-refractivity contribution in [2.45, 2.75) is 123 Å². The number of nitrogens with zero attached hydrogens (tertiary/aromatic N) is 1.